The van der Waals surface area contributed by atoms with Gasteiger partial charge >= 0.3 is 0 Å². The molecule has 0 fully saturated rings. The number of nitrogens with zero attached hydrogens (tertiary/aromatic N) is 3. The van der Waals surface area contributed by atoms with Gasteiger partial charge in [-0.15, -0.1) is 0 Å². The van der Waals surface area contributed by atoms with E-state index in [1.54, 1.807) is 0 Å². The van der Waals surface area contributed by atoms with Gasteiger partial charge in [-0.05, 0) is 68.6 Å². The van der Waals surface area contributed by atoms with Gasteiger partial charge in [0.25, 0.3) is 0 Å². The van der Waals surface area contributed by atoms with Gasteiger partial charge in [-0.2, -0.15) is 0 Å². The Morgan fingerprint density at radius 2 is 0.914 bits per heavy atom. The van der Waals surface area contributed by atoms with E-state index in [0.29, 0.717) is 17.5 Å². The third-order valence-electron chi connectivity index (χ3n) is 11.3. The smallest absolute Gasteiger partial charge is 0.165 e. The molecule has 0 spiro atoms. The monoisotopic (exact) mass is 741 g/mol. The lowest BCUT2D eigenvalue weighted by molar-refractivity contribution is 0.668. The van der Waals surface area contributed by atoms with Crippen LogP contribution in [0.1, 0.15) is 0 Å². The third-order valence-corrected chi connectivity index (χ3v) is 11.3. The van der Waals surface area contributed by atoms with Crippen molar-refractivity contribution in [2.45, 2.75) is 0 Å². The standard InChI is InChI=1S/C53H31N3O2/c1-2-11-32(12-3-1)34-21-24-36(25-22-34)51-54-52(38-26-23-33-13-4-5-15-37(33)31-38)56-53(55-51)49-40(28-30-46-48(49)42-17-8-9-20-44(42)57-46)41-18-10-19-43-47-39-16-7-6-14-35(39)27-29-45(47)58-50(41)43/h1-31H. The fourth-order valence-electron chi connectivity index (χ4n) is 8.57. The molecular formula is C53H31N3O2. The van der Waals surface area contributed by atoms with Crippen molar-refractivity contribution in [3.8, 4) is 56.4 Å². The largest absolute Gasteiger partial charge is 0.456 e. The van der Waals surface area contributed by atoms with Crippen LogP contribution in [0.5, 0.6) is 0 Å². The third kappa shape index (κ3) is 5.14. The summed E-state index contributed by atoms with van der Waals surface area (Å²) in [4.78, 5) is 15.9. The summed E-state index contributed by atoms with van der Waals surface area (Å²) in [6.45, 7) is 0. The van der Waals surface area contributed by atoms with Crippen molar-refractivity contribution < 1.29 is 8.83 Å². The van der Waals surface area contributed by atoms with E-state index in [4.69, 9.17) is 23.8 Å². The average Bonchev–Trinajstić information content (AvgIpc) is 3.88. The van der Waals surface area contributed by atoms with Crippen molar-refractivity contribution in [3.05, 3.63) is 188 Å². The molecule has 0 aliphatic carbocycles. The van der Waals surface area contributed by atoms with E-state index in [0.717, 1.165) is 99.0 Å². The topological polar surface area (TPSA) is 65.0 Å². The first-order chi connectivity index (χ1) is 28.7. The molecule has 58 heavy (non-hydrogen) atoms. The predicted octanol–water partition coefficient (Wildman–Crippen LogP) is 14.3. The second-order valence-corrected chi connectivity index (χ2v) is 14.7. The van der Waals surface area contributed by atoms with Gasteiger partial charge in [0.15, 0.2) is 17.5 Å². The highest BCUT2D eigenvalue weighted by Crippen LogP contribution is 2.46. The van der Waals surface area contributed by atoms with E-state index in [2.05, 4.69) is 164 Å². The van der Waals surface area contributed by atoms with Crippen LogP contribution in [0.25, 0.3) is 122 Å². The zero-order valence-corrected chi connectivity index (χ0v) is 31.1. The Bertz CT molecular complexity index is 3570. The van der Waals surface area contributed by atoms with Crippen LogP contribution in [0.15, 0.2) is 197 Å². The van der Waals surface area contributed by atoms with E-state index >= 15 is 0 Å². The van der Waals surface area contributed by atoms with Crippen LogP contribution in [0.3, 0.4) is 0 Å². The first kappa shape index (κ1) is 32.4. The number of furan rings is 2. The molecule has 0 N–H and O–H groups in total. The predicted molar refractivity (Wildman–Crippen MR) is 237 cm³/mol. The Kier molecular flexibility index (Phi) is 7.16. The molecular weight excluding hydrogens is 711 g/mol. The summed E-state index contributed by atoms with van der Waals surface area (Å²) in [6, 6.07) is 65.0. The first-order valence-electron chi connectivity index (χ1n) is 19.4. The lowest BCUT2D eigenvalue weighted by Crippen LogP contribution is -2.01. The fourth-order valence-corrected chi connectivity index (χ4v) is 8.57. The number of benzene rings is 9. The Morgan fingerprint density at radius 1 is 0.310 bits per heavy atom. The minimum Gasteiger partial charge on any atom is -0.456 e. The zero-order chi connectivity index (χ0) is 38.2. The zero-order valence-electron chi connectivity index (χ0n) is 31.1. The van der Waals surface area contributed by atoms with Gasteiger partial charge in [-0.3, -0.25) is 0 Å². The molecule has 0 bridgehead atoms. The molecule has 0 aliphatic heterocycles. The molecule has 3 heterocycles. The van der Waals surface area contributed by atoms with Gasteiger partial charge in [0, 0.05) is 43.8 Å². The number of fused-ring (bicyclic) bond motifs is 9. The average molecular weight is 742 g/mol. The van der Waals surface area contributed by atoms with Gasteiger partial charge in [-0.1, -0.05) is 158 Å². The van der Waals surface area contributed by atoms with Crippen LogP contribution >= 0.6 is 0 Å². The SMILES string of the molecule is c1ccc(-c2ccc(-c3nc(-c4ccc5ccccc5c4)nc(-c4c(-c5cccc6c5oc5ccc7ccccc7c56)ccc5oc6ccccc6c45)n3)cc2)cc1. The van der Waals surface area contributed by atoms with Crippen LogP contribution in [-0.4, -0.2) is 15.0 Å². The van der Waals surface area contributed by atoms with E-state index < -0.39 is 0 Å². The first-order valence-corrected chi connectivity index (χ1v) is 19.4. The lowest BCUT2D eigenvalue weighted by atomic mass is 9.93. The minimum atomic E-state index is 0.547. The maximum atomic E-state index is 6.82. The van der Waals surface area contributed by atoms with E-state index in [1.807, 2.05) is 24.3 Å². The second kappa shape index (κ2) is 12.8. The molecule has 3 aromatic heterocycles. The molecule has 0 radical (unpaired) electrons. The summed E-state index contributed by atoms with van der Waals surface area (Å²) in [7, 11) is 0. The van der Waals surface area contributed by atoms with Gasteiger partial charge in [0.05, 0.1) is 0 Å². The van der Waals surface area contributed by atoms with Crippen molar-refractivity contribution >= 4 is 65.4 Å². The summed E-state index contributed by atoms with van der Waals surface area (Å²) >= 11 is 0. The molecule has 0 amide bonds. The maximum Gasteiger partial charge on any atom is 0.165 e. The minimum absolute atomic E-state index is 0.547. The summed E-state index contributed by atoms with van der Waals surface area (Å²) in [5, 5.41) is 8.68. The van der Waals surface area contributed by atoms with E-state index in [-0.39, 0.29) is 0 Å². The van der Waals surface area contributed by atoms with Crippen molar-refractivity contribution in [1.82, 2.24) is 15.0 Å². The van der Waals surface area contributed by atoms with Crippen molar-refractivity contribution in [1.29, 1.82) is 0 Å². The Balaban J connectivity index is 1.15. The van der Waals surface area contributed by atoms with Crippen LogP contribution < -0.4 is 0 Å². The van der Waals surface area contributed by atoms with E-state index in [9.17, 15) is 0 Å². The van der Waals surface area contributed by atoms with Crippen LogP contribution in [0.4, 0.5) is 0 Å². The molecule has 0 unspecified atom stereocenters. The number of rotatable bonds is 5. The van der Waals surface area contributed by atoms with Gasteiger partial charge < -0.3 is 8.83 Å². The molecule has 0 atom stereocenters. The number of aromatic nitrogens is 3. The highest BCUT2D eigenvalue weighted by atomic mass is 16.3. The molecule has 5 heteroatoms. The van der Waals surface area contributed by atoms with Crippen molar-refractivity contribution in [2.75, 3.05) is 0 Å². The molecule has 12 rings (SSSR count). The normalized spacial score (nSPS) is 11.8. The molecule has 12 aromatic rings. The molecule has 0 saturated heterocycles. The molecule has 9 aromatic carbocycles. The number of hydrogen-bond donors (Lipinski definition) is 0. The second-order valence-electron chi connectivity index (χ2n) is 14.7. The highest BCUT2D eigenvalue weighted by Gasteiger charge is 2.24. The lowest BCUT2D eigenvalue weighted by Gasteiger charge is -2.14. The van der Waals surface area contributed by atoms with Crippen molar-refractivity contribution in [3.63, 3.8) is 0 Å². The summed E-state index contributed by atoms with van der Waals surface area (Å²) in [6.07, 6.45) is 0. The summed E-state index contributed by atoms with van der Waals surface area (Å²) in [5.41, 5.74) is 10.0. The van der Waals surface area contributed by atoms with E-state index in [1.165, 1.54) is 5.39 Å². The fraction of sp³-hybridized carbons (Fsp3) is 0. The van der Waals surface area contributed by atoms with Gasteiger partial charge in [-0.25, -0.2) is 15.0 Å². The molecule has 5 nitrogen and oxygen atoms in total. The van der Waals surface area contributed by atoms with Crippen LogP contribution in [0.2, 0.25) is 0 Å². The Labute approximate surface area is 332 Å². The molecule has 0 saturated carbocycles. The number of para-hydroxylation sites is 2. The van der Waals surface area contributed by atoms with Gasteiger partial charge in [0.1, 0.15) is 22.3 Å². The molecule has 0 aliphatic rings. The highest BCUT2D eigenvalue weighted by molar-refractivity contribution is 6.22. The van der Waals surface area contributed by atoms with Crippen LogP contribution in [0, 0.1) is 0 Å². The number of hydrogen-bond acceptors (Lipinski definition) is 5. The summed E-state index contributed by atoms with van der Waals surface area (Å²) < 4.78 is 13.3. The Hall–Kier alpha value is -7.89. The maximum absolute atomic E-state index is 6.82. The molecule has 270 valence electrons. The summed E-state index contributed by atoms with van der Waals surface area (Å²) in [5.74, 6) is 1.71. The van der Waals surface area contributed by atoms with Crippen LogP contribution in [-0.2, 0) is 0 Å². The quantitative estimate of drug-likeness (QED) is 0.176. The van der Waals surface area contributed by atoms with Crippen molar-refractivity contribution in [2.24, 2.45) is 0 Å². The Morgan fingerprint density at radius 3 is 1.78 bits per heavy atom. The van der Waals surface area contributed by atoms with Gasteiger partial charge in [0.2, 0.25) is 0 Å².